The van der Waals surface area contributed by atoms with Crippen LogP contribution in [0.3, 0.4) is 0 Å². The van der Waals surface area contributed by atoms with Gasteiger partial charge >= 0.3 is 0 Å². The van der Waals surface area contributed by atoms with Gasteiger partial charge in [-0.05, 0) is 37.5 Å². The van der Waals surface area contributed by atoms with Crippen molar-refractivity contribution in [3.63, 3.8) is 0 Å². The van der Waals surface area contributed by atoms with E-state index in [0.29, 0.717) is 31.1 Å². The highest BCUT2D eigenvalue weighted by molar-refractivity contribution is 7.10. The number of likely N-dealkylation sites (tertiary alicyclic amines) is 1. The molecule has 3 heterocycles. The minimum atomic E-state index is -0.301. The van der Waals surface area contributed by atoms with Crippen LogP contribution in [0.5, 0.6) is 0 Å². The number of benzene rings is 1. The molecule has 3 aromatic rings. The van der Waals surface area contributed by atoms with Crippen LogP contribution < -0.4 is 5.32 Å². The summed E-state index contributed by atoms with van der Waals surface area (Å²) in [6.07, 6.45) is 3.55. The maximum atomic E-state index is 13.0. The number of hydrogen-bond donors (Lipinski definition) is 1. The molecule has 9 heteroatoms. The van der Waals surface area contributed by atoms with Gasteiger partial charge in [0.15, 0.2) is 0 Å². The maximum absolute atomic E-state index is 13.0. The van der Waals surface area contributed by atoms with Crippen LogP contribution in [0.15, 0.2) is 41.9 Å². The summed E-state index contributed by atoms with van der Waals surface area (Å²) < 4.78 is 14.7. The minimum Gasteiger partial charge on any atom is -0.342 e. The summed E-state index contributed by atoms with van der Waals surface area (Å²) >= 11 is 1.49. The Labute approximate surface area is 183 Å². The van der Waals surface area contributed by atoms with E-state index in [1.165, 1.54) is 23.5 Å². The summed E-state index contributed by atoms with van der Waals surface area (Å²) in [5.41, 5.74) is 1.21. The lowest BCUT2D eigenvalue weighted by Crippen LogP contribution is -2.38. The normalized spacial score (nSPS) is 14.6. The van der Waals surface area contributed by atoms with Gasteiger partial charge in [-0.2, -0.15) is 5.10 Å². The van der Waals surface area contributed by atoms with Crippen LogP contribution in [0.4, 0.5) is 10.2 Å². The van der Waals surface area contributed by atoms with Gasteiger partial charge in [-0.1, -0.05) is 12.1 Å². The third-order valence-corrected chi connectivity index (χ3v) is 6.48. The lowest BCUT2D eigenvalue weighted by atomic mass is 9.97. The van der Waals surface area contributed by atoms with Crippen molar-refractivity contribution in [2.24, 2.45) is 0 Å². The SMILES string of the molecule is CCn1nccc1NC(=O)c1csc(C2CCN(C(=O)Cc3ccc(F)cc3)CC2)n1. The number of hydrogen-bond acceptors (Lipinski definition) is 5. The van der Waals surface area contributed by atoms with E-state index in [9.17, 15) is 14.0 Å². The Bertz CT molecular complexity index is 1050. The fourth-order valence-electron chi connectivity index (χ4n) is 3.72. The number of amides is 2. The van der Waals surface area contributed by atoms with Crippen LogP contribution >= 0.6 is 11.3 Å². The Morgan fingerprint density at radius 2 is 1.94 bits per heavy atom. The maximum Gasteiger partial charge on any atom is 0.276 e. The Hall–Kier alpha value is -3.07. The van der Waals surface area contributed by atoms with Gasteiger partial charge in [0.1, 0.15) is 17.3 Å². The summed E-state index contributed by atoms with van der Waals surface area (Å²) in [6.45, 7) is 3.94. The molecule has 1 aromatic carbocycles. The average molecular weight is 442 g/mol. The molecule has 0 saturated carbocycles. The Balaban J connectivity index is 1.31. The molecule has 4 rings (SSSR count). The van der Waals surface area contributed by atoms with E-state index in [1.54, 1.807) is 34.5 Å². The van der Waals surface area contributed by atoms with Crippen LogP contribution in [0.1, 0.15) is 46.7 Å². The van der Waals surface area contributed by atoms with Crippen molar-refractivity contribution >= 4 is 29.0 Å². The van der Waals surface area contributed by atoms with E-state index in [-0.39, 0.29) is 30.0 Å². The fourth-order valence-corrected chi connectivity index (χ4v) is 4.69. The molecule has 2 amide bonds. The second-order valence-electron chi connectivity index (χ2n) is 7.52. The first kappa shape index (κ1) is 21.2. The Kier molecular flexibility index (Phi) is 6.41. The molecular formula is C22H24FN5O2S. The zero-order chi connectivity index (χ0) is 21.8. The molecule has 2 aromatic heterocycles. The summed E-state index contributed by atoms with van der Waals surface area (Å²) in [5, 5.41) is 9.71. The van der Waals surface area contributed by atoms with Crippen molar-refractivity contribution in [1.29, 1.82) is 0 Å². The van der Waals surface area contributed by atoms with Crippen LogP contribution in [-0.2, 0) is 17.8 Å². The molecule has 0 aliphatic carbocycles. The first-order chi connectivity index (χ1) is 15.0. The lowest BCUT2D eigenvalue weighted by molar-refractivity contribution is -0.131. The Morgan fingerprint density at radius 1 is 1.19 bits per heavy atom. The van der Waals surface area contributed by atoms with Gasteiger partial charge in [0.25, 0.3) is 5.91 Å². The molecular weight excluding hydrogens is 417 g/mol. The molecule has 1 saturated heterocycles. The molecule has 7 nitrogen and oxygen atoms in total. The summed E-state index contributed by atoms with van der Waals surface area (Å²) in [5.74, 6) is 0.392. The summed E-state index contributed by atoms with van der Waals surface area (Å²) in [6, 6.07) is 7.81. The molecule has 162 valence electrons. The first-order valence-corrected chi connectivity index (χ1v) is 11.2. The molecule has 0 spiro atoms. The molecule has 1 aliphatic heterocycles. The zero-order valence-electron chi connectivity index (χ0n) is 17.3. The van der Waals surface area contributed by atoms with Crippen molar-refractivity contribution in [1.82, 2.24) is 19.7 Å². The number of halogens is 1. The molecule has 1 N–H and O–H groups in total. The van der Waals surface area contributed by atoms with Crippen molar-refractivity contribution in [3.8, 4) is 0 Å². The monoisotopic (exact) mass is 441 g/mol. The summed E-state index contributed by atoms with van der Waals surface area (Å²) in [4.78, 5) is 31.5. The van der Waals surface area contributed by atoms with Crippen LogP contribution in [0.25, 0.3) is 0 Å². The molecule has 0 unspecified atom stereocenters. The molecule has 0 atom stereocenters. The topological polar surface area (TPSA) is 80.1 Å². The van der Waals surface area contributed by atoms with Crippen molar-refractivity contribution in [3.05, 3.63) is 64.0 Å². The standard InChI is InChI=1S/C22H24FN5O2S/c1-2-28-19(7-10-24-28)26-21(30)18-14-31-22(25-18)16-8-11-27(12-9-16)20(29)13-15-3-5-17(23)6-4-15/h3-7,10,14,16H,2,8-9,11-13H2,1H3,(H,26,30). The number of carbonyl (C=O) groups is 2. The second kappa shape index (κ2) is 9.38. The Morgan fingerprint density at radius 3 is 2.65 bits per heavy atom. The molecule has 31 heavy (non-hydrogen) atoms. The van der Waals surface area contributed by atoms with E-state index in [2.05, 4.69) is 15.4 Å². The average Bonchev–Trinajstić information content (AvgIpc) is 3.45. The number of piperidine rings is 1. The van der Waals surface area contributed by atoms with Crippen LogP contribution in [0, 0.1) is 5.82 Å². The summed E-state index contributed by atoms with van der Waals surface area (Å²) in [7, 11) is 0. The van der Waals surface area contributed by atoms with Crippen LogP contribution in [-0.4, -0.2) is 44.6 Å². The molecule has 0 radical (unpaired) electrons. The van der Waals surface area contributed by atoms with E-state index in [1.807, 2.05) is 11.8 Å². The quantitative estimate of drug-likeness (QED) is 0.633. The predicted molar refractivity (Wildman–Crippen MR) is 117 cm³/mol. The lowest BCUT2D eigenvalue weighted by Gasteiger charge is -2.31. The first-order valence-electron chi connectivity index (χ1n) is 10.3. The highest BCUT2D eigenvalue weighted by Gasteiger charge is 2.26. The van der Waals surface area contributed by atoms with Gasteiger partial charge in [-0.25, -0.2) is 14.1 Å². The number of aryl methyl sites for hydroxylation is 1. The van der Waals surface area contributed by atoms with Gasteiger partial charge < -0.3 is 10.2 Å². The van der Waals surface area contributed by atoms with E-state index >= 15 is 0 Å². The highest BCUT2D eigenvalue weighted by Crippen LogP contribution is 2.30. The molecule has 1 fully saturated rings. The minimum absolute atomic E-state index is 0.0526. The van der Waals surface area contributed by atoms with Crippen molar-refractivity contribution in [2.75, 3.05) is 18.4 Å². The number of nitrogens with one attached hydrogen (secondary N) is 1. The number of nitrogens with zero attached hydrogens (tertiary/aromatic N) is 4. The number of rotatable bonds is 6. The third kappa shape index (κ3) is 4.99. The molecule has 0 bridgehead atoms. The number of anilines is 1. The highest BCUT2D eigenvalue weighted by atomic mass is 32.1. The number of carbonyl (C=O) groups excluding carboxylic acids is 2. The second-order valence-corrected chi connectivity index (χ2v) is 8.41. The van der Waals surface area contributed by atoms with E-state index in [4.69, 9.17) is 0 Å². The smallest absolute Gasteiger partial charge is 0.276 e. The third-order valence-electron chi connectivity index (χ3n) is 5.48. The largest absolute Gasteiger partial charge is 0.342 e. The van der Waals surface area contributed by atoms with Gasteiger partial charge in [-0.3, -0.25) is 9.59 Å². The zero-order valence-corrected chi connectivity index (χ0v) is 18.1. The number of aromatic nitrogens is 3. The van der Waals surface area contributed by atoms with Crippen molar-refractivity contribution in [2.45, 2.75) is 38.6 Å². The molecule has 1 aliphatic rings. The van der Waals surface area contributed by atoms with Crippen molar-refractivity contribution < 1.29 is 14.0 Å². The van der Waals surface area contributed by atoms with Gasteiger partial charge in [0.2, 0.25) is 5.91 Å². The van der Waals surface area contributed by atoms with Crippen LogP contribution in [0.2, 0.25) is 0 Å². The van der Waals surface area contributed by atoms with E-state index < -0.39 is 0 Å². The predicted octanol–water partition coefficient (Wildman–Crippen LogP) is 3.70. The van der Waals surface area contributed by atoms with Gasteiger partial charge in [0.05, 0.1) is 17.6 Å². The number of thiazole rings is 1. The van der Waals surface area contributed by atoms with Gasteiger partial charge in [0, 0.05) is 37.0 Å². The van der Waals surface area contributed by atoms with E-state index in [0.717, 1.165) is 23.4 Å². The van der Waals surface area contributed by atoms with Gasteiger partial charge in [-0.15, -0.1) is 11.3 Å². The fraction of sp³-hybridized carbons (Fsp3) is 0.364.